The van der Waals surface area contributed by atoms with Gasteiger partial charge in [0.05, 0.1) is 7.11 Å². The average molecular weight is 397 g/mol. The third-order valence-electron chi connectivity index (χ3n) is 4.67. The normalized spacial score (nSPS) is 15.2. The summed E-state index contributed by atoms with van der Waals surface area (Å²) in [7, 11) is -1.11. The van der Waals surface area contributed by atoms with Crippen molar-refractivity contribution in [2.24, 2.45) is 5.92 Å². The molecule has 27 heavy (non-hydrogen) atoms. The number of nitrogens with one attached hydrogen (secondary N) is 3. The van der Waals surface area contributed by atoms with Crippen molar-refractivity contribution in [2.75, 3.05) is 27.2 Å². The molecule has 0 bridgehead atoms. The Labute approximate surface area is 160 Å². The minimum atomic E-state index is -3.76. The lowest BCUT2D eigenvalue weighted by Gasteiger charge is -2.20. The quantitative estimate of drug-likeness (QED) is 0.567. The fourth-order valence-corrected chi connectivity index (χ4v) is 4.03. The topological polar surface area (TPSA) is 114 Å². The second-order valence-electron chi connectivity index (χ2n) is 6.46. The first-order valence-corrected chi connectivity index (χ1v) is 10.5. The summed E-state index contributed by atoms with van der Waals surface area (Å²) in [6.45, 7) is 0.594. The highest BCUT2D eigenvalue weighted by Gasteiger charge is 2.21. The highest BCUT2D eigenvalue weighted by atomic mass is 32.2. The van der Waals surface area contributed by atoms with Crippen molar-refractivity contribution in [1.82, 2.24) is 15.4 Å². The minimum Gasteiger partial charge on any atom is -0.495 e. The Morgan fingerprint density at radius 2 is 1.78 bits per heavy atom. The van der Waals surface area contributed by atoms with Crippen molar-refractivity contribution < 1.29 is 22.7 Å². The first-order chi connectivity index (χ1) is 12.9. The number of sulfonamides is 1. The number of benzene rings is 1. The second kappa shape index (κ2) is 9.70. The number of methoxy groups -OCH3 is 1. The van der Waals surface area contributed by atoms with E-state index in [4.69, 9.17) is 4.74 Å². The molecule has 0 atom stereocenters. The van der Waals surface area contributed by atoms with Gasteiger partial charge in [0, 0.05) is 24.6 Å². The summed E-state index contributed by atoms with van der Waals surface area (Å²) >= 11 is 0. The Balaban J connectivity index is 1.90. The van der Waals surface area contributed by atoms with Crippen LogP contribution in [0.2, 0.25) is 0 Å². The van der Waals surface area contributed by atoms with Crippen LogP contribution in [0.5, 0.6) is 5.75 Å². The summed E-state index contributed by atoms with van der Waals surface area (Å²) in [5.41, 5.74) is 0.197. The van der Waals surface area contributed by atoms with Gasteiger partial charge in [0.25, 0.3) is 5.91 Å². The maximum absolute atomic E-state index is 12.3. The van der Waals surface area contributed by atoms with Gasteiger partial charge in [-0.2, -0.15) is 0 Å². The molecule has 2 rings (SSSR count). The van der Waals surface area contributed by atoms with Gasteiger partial charge in [0.2, 0.25) is 15.9 Å². The number of hydrogen-bond acceptors (Lipinski definition) is 5. The van der Waals surface area contributed by atoms with Crippen LogP contribution in [0.3, 0.4) is 0 Å². The van der Waals surface area contributed by atoms with Crippen LogP contribution >= 0.6 is 0 Å². The molecule has 0 heterocycles. The molecule has 0 aromatic heterocycles. The average Bonchev–Trinajstić information content (AvgIpc) is 2.70. The molecule has 0 saturated heterocycles. The molecular weight excluding hydrogens is 370 g/mol. The third kappa shape index (κ3) is 5.67. The molecule has 1 aromatic carbocycles. The molecule has 2 amide bonds. The largest absolute Gasteiger partial charge is 0.495 e. The fraction of sp³-hybridized carbons (Fsp3) is 0.556. The first kappa shape index (κ1) is 21.2. The summed E-state index contributed by atoms with van der Waals surface area (Å²) in [5, 5.41) is 5.52. The van der Waals surface area contributed by atoms with E-state index in [1.54, 1.807) is 0 Å². The van der Waals surface area contributed by atoms with E-state index in [1.165, 1.54) is 38.8 Å². The molecular formula is C18H27N3O5S. The van der Waals surface area contributed by atoms with E-state index in [0.29, 0.717) is 6.54 Å². The van der Waals surface area contributed by atoms with Crippen LogP contribution in [-0.2, 0) is 14.8 Å². The molecule has 0 radical (unpaired) electrons. The highest BCUT2D eigenvalue weighted by molar-refractivity contribution is 7.89. The Bertz CT molecular complexity index is 773. The molecule has 1 fully saturated rings. The zero-order chi connectivity index (χ0) is 19.9. The molecule has 0 spiro atoms. The van der Waals surface area contributed by atoms with Crippen LogP contribution in [0.15, 0.2) is 23.1 Å². The van der Waals surface area contributed by atoms with Crippen molar-refractivity contribution in [3.05, 3.63) is 23.8 Å². The maximum atomic E-state index is 12.3. The van der Waals surface area contributed by atoms with Gasteiger partial charge in [-0.15, -0.1) is 0 Å². The van der Waals surface area contributed by atoms with Gasteiger partial charge in [0.1, 0.15) is 10.6 Å². The van der Waals surface area contributed by atoms with E-state index in [9.17, 15) is 18.0 Å². The molecule has 1 saturated carbocycles. The first-order valence-electron chi connectivity index (χ1n) is 9.06. The summed E-state index contributed by atoms with van der Waals surface area (Å²) in [5.74, 6) is -0.154. The third-order valence-corrected chi connectivity index (χ3v) is 6.11. The summed E-state index contributed by atoms with van der Waals surface area (Å²) in [4.78, 5) is 24.2. The molecule has 1 aromatic rings. The Kier molecular flexibility index (Phi) is 7.61. The van der Waals surface area contributed by atoms with Gasteiger partial charge in [-0.05, 0) is 38.1 Å². The Hall–Kier alpha value is -2.13. The van der Waals surface area contributed by atoms with Crippen molar-refractivity contribution >= 4 is 21.8 Å². The SMILES string of the molecule is CNS(=O)(=O)c1cc(C(=O)NCCNC(=O)C2CCCCC2)ccc1OC. The van der Waals surface area contributed by atoms with Crippen LogP contribution in [0.25, 0.3) is 0 Å². The Morgan fingerprint density at radius 3 is 2.41 bits per heavy atom. The van der Waals surface area contributed by atoms with E-state index in [-0.39, 0.29) is 34.6 Å². The van der Waals surface area contributed by atoms with E-state index >= 15 is 0 Å². The van der Waals surface area contributed by atoms with Crippen LogP contribution in [0.1, 0.15) is 42.5 Å². The Morgan fingerprint density at radius 1 is 1.11 bits per heavy atom. The lowest BCUT2D eigenvalue weighted by atomic mass is 9.89. The molecule has 0 aliphatic heterocycles. The number of rotatable bonds is 8. The predicted octanol–water partition coefficient (Wildman–Crippen LogP) is 1.03. The van der Waals surface area contributed by atoms with Crippen molar-refractivity contribution in [3.8, 4) is 5.75 Å². The predicted molar refractivity (Wildman–Crippen MR) is 101 cm³/mol. The summed E-state index contributed by atoms with van der Waals surface area (Å²) in [6.07, 6.45) is 5.21. The van der Waals surface area contributed by atoms with Gasteiger partial charge in [0.15, 0.2) is 0 Å². The summed E-state index contributed by atoms with van der Waals surface area (Å²) < 4.78 is 31.4. The zero-order valence-corrected chi connectivity index (χ0v) is 16.5. The van der Waals surface area contributed by atoms with Crippen molar-refractivity contribution in [2.45, 2.75) is 37.0 Å². The molecule has 1 aliphatic rings. The molecule has 0 unspecified atom stereocenters. The molecule has 9 heteroatoms. The number of hydrogen-bond donors (Lipinski definition) is 3. The monoisotopic (exact) mass is 397 g/mol. The van der Waals surface area contributed by atoms with Crippen LogP contribution < -0.4 is 20.1 Å². The molecule has 150 valence electrons. The number of amides is 2. The molecule has 3 N–H and O–H groups in total. The van der Waals surface area contributed by atoms with Crippen molar-refractivity contribution in [3.63, 3.8) is 0 Å². The lowest BCUT2D eigenvalue weighted by molar-refractivity contribution is -0.125. The minimum absolute atomic E-state index is 0.0378. The van der Waals surface area contributed by atoms with Gasteiger partial charge in [-0.3, -0.25) is 9.59 Å². The molecule has 1 aliphatic carbocycles. The van der Waals surface area contributed by atoms with Gasteiger partial charge in [-0.1, -0.05) is 19.3 Å². The van der Waals surface area contributed by atoms with E-state index < -0.39 is 15.9 Å². The highest BCUT2D eigenvalue weighted by Crippen LogP contribution is 2.25. The number of ether oxygens (including phenoxy) is 1. The fourth-order valence-electron chi connectivity index (χ4n) is 3.11. The van der Waals surface area contributed by atoms with Crippen LogP contribution in [0.4, 0.5) is 0 Å². The maximum Gasteiger partial charge on any atom is 0.251 e. The lowest BCUT2D eigenvalue weighted by Crippen LogP contribution is -2.38. The second-order valence-corrected chi connectivity index (χ2v) is 8.31. The molecule has 8 nitrogen and oxygen atoms in total. The number of carbonyl (C=O) groups is 2. The van der Waals surface area contributed by atoms with Crippen LogP contribution in [0, 0.1) is 5.92 Å². The smallest absolute Gasteiger partial charge is 0.251 e. The number of carbonyl (C=O) groups excluding carboxylic acids is 2. The van der Waals surface area contributed by atoms with Gasteiger partial charge in [-0.25, -0.2) is 13.1 Å². The summed E-state index contributed by atoms with van der Waals surface area (Å²) in [6, 6.07) is 4.19. The van der Waals surface area contributed by atoms with E-state index in [1.807, 2.05) is 0 Å². The van der Waals surface area contributed by atoms with Gasteiger partial charge < -0.3 is 15.4 Å². The standard InChI is InChI=1S/C18H27N3O5S/c1-19-27(24,25)16-12-14(8-9-15(16)26-2)18(23)21-11-10-20-17(22)13-6-4-3-5-7-13/h8-9,12-13,19H,3-7,10-11H2,1-2H3,(H,20,22)(H,21,23). The van der Waals surface area contributed by atoms with Gasteiger partial charge >= 0.3 is 0 Å². The van der Waals surface area contributed by atoms with E-state index in [2.05, 4.69) is 15.4 Å². The van der Waals surface area contributed by atoms with Crippen molar-refractivity contribution in [1.29, 1.82) is 0 Å². The van der Waals surface area contributed by atoms with Crippen LogP contribution in [-0.4, -0.2) is 47.5 Å². The van der Waals surface area contributed by atoms with E-state index in [0.717, 1.165) is 25.7 Å². The zero-order valence-electron chi connectivity index (χ0n) is 15.7.